The van der Waals surface area contributed by atoms with E-state index in [9.17, 15) is 14.4 Å². The van der Waals surface area contributed by atoms with Crippen LogP contribution in [0.25, 0.3) is 0 Å². The molecule has 8 heteroatoms. The summed E-state index contributed by atoms with van der Waals surface area (Å²) in [6, 6.07) is 10.2. The standard InChI is InChI=1S/C20H23N3O5/c1-13(2)28-16-6-3-5-14(9-16)19(25)21-22-20(26)15-10-18(24)23(11-15)12-17-7-4-8-27-17/h3-9,13,15H,10-12H2,1-2H3,(H,21,25)(H,22,26). The normalized spacial score (nSPS) is 16.3. The van der Waals surface area contributed by atoms with Gasteiger partial charge in [-0.25, -0.2) is 0 Å². The van der Waals surface area contributed by atoms with E-state index < -0.39 is 17.7 Å². The van der Waals surface area contributed by atoms with Crippen LogP contribution in [-0.2, 0) is 16.1 Å². The minimum absolute atomic E-state index is 0.0120. The molecule has 148 valence electrons. The molecule has 1 fully saturated rings. The molecule has 0 bridgehead atoms. The second-order valence-corrected chi connectivity index (χ2v) is 6.89. The van der Waals surface area contributed by atoms with Gasteiger partial charge in [-0.3, -0.25) is 25.2 Å². The number of amides is 3. The van der Waals surface area contributed by atoms with Gasteiger partial charge in [0.15, 0.2) is 0 Å². The van der Waals surface area contributed by atoms with Crippen molar-refractivity contribution in [3.05, 3.63) is 54.0 Å². The Hall–Kier alpha value is -3.29. The predicted octanol–water partition coefficient (Wildman–Crippen LogP) is 1.88. The van der Waals surface area contributed by atoms with Gasteiger partial charge in [-0.15, -0.1) is 0 Å². The Morgan fingerprint density at radius 1 is 1.25 bits per heavy atom. The van der Waals surface area contributed by atoms with Gasteiger partial charge in [0.05, 0.1) is 24.8 Å². The van der Waals surface area contributed by atoms with Crippen molar-refractivity contribution in [2.24, 2.45) is 5.92 Å². The van der Waals surface area contributed by atoms with Gasteiger partial charge in [0.25, 0.3) is 5.91 Å². The van der Waals surface area contributed by atoms with Gasteiger partial charge in [-0.05, 0) is 44.2 Å². The van der Waals surface area contributed by atoms with Crippen molar-refractivity contribution in [2.75, 3.05) is 6.54 Å². The van der Waals surface area contributed by atoms with Crippen LogP contribution in [0.4, 0.5) is 0 Å². The Labute approximate surface area is 162 Å². The number of hydrogen-bond acceptors (Lipinski definition) is 5. The lowest BCUT2D eigenvalue weighted by molar-refractivity contribution is -0.129. The number of rotatable bonds is 6. The zero-order valence-corrected chi connectivity index (χ0v) is 15.8. The molecule has 1 saturated heterocycles. The Kier molecular flexibility index (Phi) is 5.98. The van der Waals surface area contributed by atoms with Crippen LogP contribution in [0.2, 0.25) is 0 Å². The van der Waals surface area contributed by atoms with E-state index in [1.54, 1.807) is 41.3 Å². The third kappa shape index (κ3) is 4.91. The summed E-state index contributed by atoms with van der Waals surface area (Å²) in [6.45, 7) is 4.39. The minimum atomic E-state index is -0.529. The Morgan fingerprint density at radius 2 is 2.07 bits per heavy atom. The Bertz CT molecular complexity index is 847. The maximum absolute atomic E-state index is 12.3. The summed E-state index contributed by atoms with van der Waals surface area (Å²) in [5.74, 6) is -0.285. The van der Waals surface area contributed by atoms with Gasteiger partial charge in [-0.2, -0.15) is 0 Å². The number of hydrogen-bond donors (Lipinski definition) is 2. The number of likely N-dealkylation sites (tertiary alicyclic amines) is 1. The van der Waals surface area contributed by atoms with Crippen molar-refractivity contribution in [2.45, 2.75) is 32.9 Å². The molecule has 3 amide bonds. The van der Waals surface area contributed by atoms with E-state index in [-0.39, 0.29) is 25.0 Å². The maximum Gasteiger partial charge on any atom is 0.269 e. The van der Waals surface area contributed by atoms with E-state index in [2.05, 4.69) is 10.9 Å². The fraction of sp³-hybridized carbons (Fsp3) is 0.350. The third-order valence-electron chi connectivity index (χ3n) is 4.28. The maximum atomic E-state index is 12.3. The van der Waals surface area contributed by atoms with Crippen molar-refractivity contribution < 1.29 is 23.5 Å². The highest BCUT2D eigenvalue weighted by Crippen LogP contribution is 2.20. The quantitative estimate of drug-likeness (QED) is 0.740. The van der Waals surface area contributed by atoms with Gasteiger partial charge in [0, 0.05) is 18.5 Å². The van der Waals surface area contributed by atoms with E-state index in [4.69, 9.17) is 9.15 Å². The van der Waals surface area contributed by atoms with Crippen molar-refractivity contribution >= 4 is 17.7 Å². The molecular weight excluding hydrogens is 362 g/mol. The van der Waals surface area contributed by atoms with E-state index >= 15 is 0 Å². The molecule has 1 aromatic carbocycles. The molecule has 1 atom stereocenters. The van der Waals surface area contributed by atoms with E-state index in [0.29, 0.717) is 23.6 Å². The van der Waals surface area contributed by atoms with Crippen LogP contribution < -0.4 is 15.6 Å². The van der Waals surface area contributed by atoms with Crippen molar-refractivity contribution in [1.29, 1.82) is 0 Å². The van der Waals surface area contributed by atoms with E-state index in [1.807, 2.05) is 13.8 Å². The molecular formula is C20H23N3O5. The fourth-order valence-electron chi connectivity index (χ4n) is 2.97. The first-order chi connectivity index (χ1) is 13.4. The predicted molar refractivity (Wildman–Crippen MR) is 100 cm³/mol. The molecule has 0 aliphatic carbocycles. The summed E-state index contributed by atoms with van der Waals surface area (Å²) in [7, 11) is 0. The fourth-order valence-corrected chi connectivity index (χ4v) is 2.97. The average Bonchev–Trinajstić information content (AvgIpc) is 3.29. The second-order valence-electron chi connectivity index (χ2n) is 6.89. The number of furan rings is 1. The van der Waals surface area contributed by atoms with Crippen LogP contribution in [0.1, 0.15) is 36.4 Å². The minimum Gasteiger partial charge on any atom is -0.491 e. The Morgan fingerprint density at radius 3 is 2.79 bits per heavy atom. The van der Waals surface area contributed by atoms with E-state index in [0.717, 1.165) is 0 Å². The second kappa shape index (κ2) is 8.60. The first-order valence-corrected chi connectivity index (χ1v) is 9.09. The Balaban J connectivity index is 1.51. The molecule has 1 aliphatic heterocycles. The summed E-state index contributed by atoms with van der Waals surface area (Å²) < 4.78 is 10.8. The summed E-state index contributed by atoms with van der Waals surface area (Å²) in [5.41, 5.74) is 5.15. The van der Waals surface area contributed by atoms with Crippen LogP contribution in [0.15, 0.2) is 47.1 Å². The number of ether oxygens (including phenoxy) is 1. The molecule has 1 unspecified atom stereocenters. The molecule has 1 aromatic heterocycles. The molecule has 3 rings (SSSR count). The van der Waals surface area contributed by atoms with Gasteiger partial charge in [0.2, 0.25) is 11.8 Å². The number of benzene rings is 1. The zero-order valence-electron chi connectivity index (χ0n) is 15.8. The summed E-state index contributed by atoms with van der Waals surface area (Å²) in [5, 5.41) is 0. The first kappa shape index (κ1) is 19.5. The molecule has 28 heavy (non-hydrogen) atoms. The van der Waals surface area contributed by atoms with Gasteiger partial charge >= 0.3 is 0 Å². The summed E-state index contributed by atoms with van der Waals surface area (Å²) in [4.78, 5) is 38.3. The molecule has 1 aliphatic rings. The van der Waals surface area contributed by atoms with Gasteiger partial charge in [-0.1, -0.05) is 6.07 Å². The number of carbonyl (C=O) groups is 3. The number of hydrazine groups is 1. The lowest BCUT2D eigenvalue weighted by Gasteiger charge is -2.15. The number of nitrogens with one attached hydrogen (secondary N) is 2. The smallest absolute Gasteiger partial charge is 0.269 e. The average molecular weight is 385 g/mol. The van der Waals surface area contributed by atoms with Crippen LogP contribution >= 0.6 is 0 Å². The van der Waals surface area contributed by atoms with Crippen LogP contribution in [-0.4, -0.2) is 35.3 Å². The molecule has 8 nitrogen and oxygen atoms in total. The van der Waals surface area contributed by atoms with Gasteiger partial charge in [0.1, 0.15) is 11.5 Å². The highest BCUT2D eigenvalue weighted by Gasteiger charge is 2.34. The SMILES string of the molecule is CC(C)Oc1cccc(C(=O)NNC(=O)C2CC(=O)N(Cc3ccco3)C2)c1. The van der Waals surface area contributed by atoms with E-state index in [1.165, 1.54) is 6.26 Å². The van der Waals surface area contributed by atoms with Crippen molar-refractivity contribution in [3.8, 4) is 5.75 Å². The van der Waals surface area contributed by atoms with Crippen LogP contribution in [0, 0.1) is 5.92 Å². The van der Waals surface area contributed by atoms with Crippen molar-refractivity contribution in [1.82, 2.24) is 15.8 Å². The summed E-state index contributed by atoms with van der Waals surface area (Å²) in [6.07, 6.45) is 1.62. The topological polar surface area (TPSA) is 101 Å². The lowest BCUT2D eigenvalue weighted by Crippen LogP contribution is -2.45. The molecule has 0 spiro atoms. The van der Waals surface area contributed by atoms with Crippen molar-refractivity contribution in [3.63, 3.8) is 0 Å². The molecule has 0 radical (unpaired) electrons. The number of nitrogens with zero attached hydrogens (tertiary/aromatic N) is 1. The van der Waals surface area contributed by atoms with Gasteiger partial charge < -0.3 is 14.1 Å². The molecule has 2 aromatic rings. The molecule has 0 saturated carbocycles. The number of carbonyl (C=O) groups excluding carboxylic acids is 3. The highest BCUT2D eigenvalue weighted by atomic mass is 16.5. The highest BCUT2D eigenvalue weighted by molar-refractivity contribution is 5.96. The zero-order chi connectivity index (χ0) is 20.1. The van der Waals surface area contributed by atoms with Crippen LogP contribution in [0.5, 0.6) is 5.75 Å². The first-order valence-electron chi connectivity index (χ1n) is 9.09. The third-order valence-corrected chi connectivity index (χ3v) is 4.28. The molecule has 2 N–H and O–H groups in total. The molecule has 2 heterocycles. The summed E-state index contributed by atoms with van der Waals surface area (Å²) >= 11 is 0. The monoisotopic (exact) mass is 385 g/mol. The van der Waals surface area contributed by atoms with Crippen LogP contribution in [0.3, 0.4) is 0 Å². The largest absolute Gasteiger partial charge is 0.491 e. The lowest BCUT2D eigenvalue weighted by atomic mass is 10.1.